The van der Waals surface area contributed by atoms with Gasteiger partial charge >= 0.3 is 0 Å². The van der Waals surface area contributed by atoms with Crippen molar-refractivity contribution in [3.8, 4) is 0 Å². The topological polar surface area (TPSA) is 46.9 Å². The van der Waals surface area contributed by atoms with Gasteiger partial charge in [0.25, 0.3) is 0 Å². The molecule has 128 valence electrons. The summed E-state index contributed by atoms with van der Waals surface area (Å²) in [4.78, 5) is 12.2. The number of nitrogens with one attached hydrogen (secondary N) is 1. The average molecular weight is 374 g/mol. The lowest BCUT2D eigenvalue weighted by molar-refractivity contribution is -0.116. The van der Waals surface area contributed by atoms with Gasteiger partial charge in [-0.25, -0.2) is 4.68 Å². The summed E-state index contributed by atoms with van der Waals surface area (Å²) in [7, 11) is 0. The molecule has 0 spiro atoms. The first kappa shape index (κ1) is 17.5. The van der Waals surface area contributed by atoms with Crippen LogP contribution in [0.25, 0.3) is 0 Å². The van der Waals surface area contributed by atoms with Crippen molar-refractivity contribution < 1.29 is 4.79 Å². The Hall–Kier alpha value is -2.30. The van der Waals surface area contributed by atoms with E-state index in [1.54, 1.807) is 16.9 Å². The van der Waals surface area contributed by atoms with Crippen LogP contribution in [-0.4, -0.2) is 15.7 Å². The number of hydrogen-bond acceptors (Lipinski definition) is 2. The van der Waals surface area contributed by atoms with Gasteiger partial charge < -0.3 is 5.32 Å². The zero-order chi connectivity index (χ0) is 17.6. The molecule has 0 aliphatic heterocycles. The number of amides is 1. The predicted molar refractivity (Wildman–Crippen MR) is 101 cm³/mol. The molecule has 2 aromatic carbocycles. The molecule has 25 heavy (non-hydrogen) atoms. The second-order valence-electron chi connectivity index (χ2n) is 5.64. The Morgan fingerprint density at radius 3 is 2.56 bits per heavy atom. The molecule has 0 saturated carbocycles. The number of rotatable bonds is 6. The van der Waals surface area contributed by atoms with Gasteiger partial charge in [0, 0.05) is 22.5 Å². The fourth-order valence-electron chi connectivity index (χ4n) is 2.47. The highest BCUT2D eigenvalue weighted by molar-refractivity contribution is 6.31. The van der Waals surface area contributed by atoms with Crippen LogP contribution in [0.4, 0.5) is 5.82 Å². The van der Waals surface area contributed by atoms with Crippen LogP contribution < -0.4 is 5.32 Å². The number of aromatic nitrogens is 2. The molecule has 3 aromatic rings. The smallest absolute Gasteiger partial charge is 0.225 e. The van der Waals surface area contributed by atoms with Crippen molar-refractivity contribution in [2.24, 2.45) is 0 Å². The van der Waals surface area contributed by atoms with E-state index < -0.39 is 0 Å². The summed E-state index contributed by atoms with van der Waals surface area (Å²) >= 11 is 12.1. The van der Waals surface area contributed by atoms with E-state index in [2.05, 4.69) is 10.4 Å². The maximum Gasteiger partial charge on any atom is 0.225 e. The van der Waals surface area contributed by atoms with E-state index in [1.165, 1.54) is 0 Å². The van der Waals surface area contributed by atoms with Gasteiger partial charge in [0.1, 0.15) is 5.82 Å². The van der Waals surface area contributed by atoms with E-state index >= 15 is 0 Å². The number of carbonyl (C=O) groups is 1. The summed E-state index contributed by atoms with van der Waals surface area (Å²) in [6, 6.07) is 16.9. The van der Waals surface area contributed by atoms with E-state index in [0.717, 1.165) is 11.1 Å². The molecule has 0 unspecified atom stereocenters. The van der Waals surface area contributed by atoms with Crippen LogP contribution in [-0.2, 0) is 17.8 Å². The zero-order valence-electron chi connectivity index (χ0n) is 13.5. The number of halogens is 2. The highest BCUT2D eigenvalue weighted by Gasteiger charge is 2.09. The Labute approximate surface area is 156 Å². The number of aryl methyl sites for hydroxylation is 1. The predicted octanol–water partition coefficient (Wildman–Crippen LogP) is 4.81. The normalized spacial score (nSPS) is 10.6. The standard InChI is InChI=1S/C19H17Cl2N3O/c20-16-8-5-14(6-9-16)7-10-19(25)23-18-11-12-22-24(18)13-15-3-1-2-4-17(15)21/h1-6,8-9,11-12H,7,10,13H2,(H,23,25). The summed E-state index contributed by atoms with van der Waals surface area (Å²) in [6.45, 7) is 0.499. The van der Waals surface area contributed by atoms with Crippen LogP contribution >= 0.6 is 23.2 Å². The van der Waals surface area contributed by atoms with Gasteiger partial charge in [0.05, 0.1) is 12.7 Å². The summed E-state index contributed by atoms with van der Waals surface area (Å²) in [5.74, 6) is 0.594. The lowest BCUT2D eigenvalue weighted by Crippen LogP contribution is -2.16. The highest BCUT2D eigenvalue weighted by Crippen LogP contribution is 2.18. The molecule has 3 rings (SSSR count). The molecular weight excluding hydrogens is 357 g/mol. The molecule has 0 radical (unpaired) electrons. The Bertz CT molecular complexity index is 859. The first-order valence-corrected chi connectivity index (χ1v) is 8.67. The first-order valence-electron chi connectivity index (χ1n) is 7.91. The number of hydrogen-bond donors (Lipinski definition) is 1. The van der Waals surface area contributed by atoms with Gasteiger partial charge in [0.15, 0.2) is 0 Å². The molecule has 1 aromatic heterocycles. The molecule has 0 atom stereocenters. The molecule has 4 nitrogen and oxygen atoms in total. The maximum atomic E-state index is 12.2. The van der Waals surface area contributed by atoms with Gasteiger partial charge in [-0.1, -0.05) is 53.5 Å². The molecule has 0 bridgehead atoms. The lowest BCUT2D eigenvalue weighted by Gasteiger charge is -2.10. The SMILES string of the molecule is O=C(CCc1ccc(Cl)cc1)Nc1ccnn1Cc1ccccc1Cl. The van der Waals surface area contributed by atoms with Crippen molar-refractivity contribution in [2.45, 2.75) is 19.4 Å². The lowest BCUT2D eigenvalue weighted by atomic mass is 10.1. The van der Waals surface area contributed by atoms with E-state index in [0.29, 0.717) is 35.2 Å². The third-order valence-corrected chi connectivity index (χ3v) is 4.44. The fraction of sp³-hybridized carbons (Fsp3) is 0.158. The quantitative estimate of drug-likeness (QED) is 0.673. The monoisotopic (exact) mass is 373 g/mol. The first-order chi connectivity index (χ1) is 12.1. The maximum absolute atomic E-state index is 12.2. The van der Waals surface area contributed by atoms with Crippen LogP contribution in [0.15, 0.2) is 60.8 Å². The molecular formula is C19H17Cl2N3O. The number of benzene rings is 2. The minimum Gasteiger partial charge on any atom is -0.311 e. The van der Waals surface area contributed by atoms with Gasteiger partial charge in [-0.15, -0.1) is 0 Å². The van der Waals surface area contributed by atoms with Gasteiger partial charge in [-0.3, -0.25) is 4.79 Å². The summed E-state index contributed by atoms with van der Waals surface area (Å²) in [5.41, 5.74) is 2.02. The van der Waals surface area contributed by atoms with E-state index in [4.69, 9.17) is 23.2 Å². The second kappa shape index (κ2) is 8.19. The van der Waals surface area contributed by atoms with Crippen molar-refractivity contribution in [1.29, 1.82) is 0 Å². The van der Waals surface area contributed by atoms with Crippen molar-refractivity contribution >= 4 is 34.9 Å². The minimum absolute atomic E-state index is 0.0594. The van der Waals surface area contributed by atoms with Crippen molar-refractivity contribution in [2.75, 3.05) is 5.32 Å². The molecule has 1 amide bonds. The van der Waals surface area contributed by atoms with Crippen LogP contribution in [0.3, 0.4) is 0 Å². The van der Waals surface area contributed by atoms with Crippen LogP contribution in [0.1, 0.15) is 17.5 Å². The van der Waals surface area contributed by atoms with Crippen LogP contribution in [0.5, 0.6) is 0 Å². The number of nitrogens with zero attached hydrogens (tertiary/aromatic N) is 2. The third kappa shape index (κ3) is 4.84. The average Bonchev–Trinajstić information content (AvgIpc) is 3.03. The third-order valence-electron chi connectivity index (χ3n) is 3.82. The van der Waals surface area contributed by atoms with Crippen LogP contribution in [0, 0.1) is 0 Å². The summed E-state index contributed by atoms with van der Waals surface area (Å²) in [6.07, 6.45) is 2.70. The highest BCUT2D eigenvalue weighted by atomic mass is 35.5. The van der Waals surface area contributed by atoms with Gasteiger partial charge in [-0.05, 0) is 35.7 Å². The van der Waals surface area contributed by atoms with E-state index in [-0.39, 0.29) is 5.91 Å². The molecule has 0 saturated heterocycles. The van der Waals surface area contributed by atoms with Gasteiger partial charge in [0.2, 0.25) is 5.91 Å². The molecule has 1 heterocycles. The molecule has 0 aliphatic rings. The Balaban J connectivity index is 1.60. The molecule has 0 fully saturated rings. The van der Waals surface area contributed by atoms with Crippen molar-refractivity contribution in [3.05, 3.63) is 82.0 Å². The Morgan fingerprint density at radius 1 is 1.04 bits per heavy atom. The number of anilines is 1. The van der Waals surface area contributed by atoms with Crippen molar-refractivity contribution in [3.63, 3.8) is 0 Å². The van der Waals surface area contributed by atoms with E-state index in [1.807, 2.05) is 48.5 Å². The fourth-order valence-corrected chi connectivity index (χ4v) is 2.79. The van der Waals surface area contributed by atoms with Crippen LogP contribution in [0.2, 0.25) is 10.0 Å². The Kier molecular flexibility index (Phi) is 5.74. The summed E-state index contributed by atoms with van der Waals surface area (Å²) in [5, 5.41) is 8.54. The molecule has 0 aliphatic carbocycles. The number of carbonyl (C=O) groups excluding carboxylic acids is 1. The Morgan fingerprint density at radius 2 is 1.80 bits per heavy atom. The minimum atomic E-state index is -0.0594. The zero-order valence-corrected chi connectivity index (χ0v) is 15.0. The summed E-state index contributed by atoms with van der Waals surface area (Å²) < 4.78 is 1.72. The van der Waals surface area contributed by atoms with E-state index in [9.17, 15) is 4.79 Å². The second-order valence-corrected chi connectivity index (χ2v) is 6.48. The molecule has 1 N–H and O–H groups in total. The largest absolute Gasteiger partial charge is 0.311 e. The van der Waals surface area contributed by atoms with Gasteiger partial charge in [-0.2, -0.15) is 5.10 Å². The molecule has 6 heteroatoms. The van der Waals surface area contributed by atoms with Crippen molar-refractivity contribution in [1.82, 2.24) is 9.78 Å².